The van der Waals surface area contributed by atoms with E-state index < -0.39 is 11.2 Å². The Hall–Kier alpha value is 1.33. The predicted molar refractivity (Wildman–Crippen MR) is 138 cm³/mol. The minimum Gasteiger partial charge on any atom is -0.547 e. The zero-order valence-electron chi connectivity index (χ0n) is 23.7. The van der Waals surface area contributed by atoms with E-state index in [1.165, 1.54) is 13.2 Å². The quantitative estimate of drug-likeness (QED) is 0.188. The largest absolute Gasteiger partial charge is 2.00 e. The molecule has 0 aliphatic heterocycles. The van der Waals surface area contributed by atoms with Crippen LogP contribution in [-0.2, 0) is 18.9 Å². The first-order valence-corrected chi connectivity index (χ1v) is 12.2. The maximum absolute atomic E-state index is 10.4. The van der Waals surface area contributed by atoms with Crippen LogP contribution in [-0.4, -0.2) is 108 Å². The predicted octanol–water partition coefficient (Wildman–Crippen LogP) is 5.17. The van der Waals surface area contributed by atoms with E-state index in [9.17, 15) is 10.2 Å². The van der Waals surface area contributed by atoms with Crippen molar-refractivity contribution in [2.45, 2.75) is 132 Å². The molecule has 0 bridgehead atoms. The van der Waals surface area contributed by atoms with Gasteiger partial charge in [-0.1, -0.05) is 27.7 Å². The van der Waals surface area contributed by atoms with Crippen molar-refractivity contribution in [1.82, 2.24) is 0 Å². The molecule has 0 spiro atoms. The Balaban J connectivity index is -0.000000529. The van der Waals surface area contributed by atoms with Crippen LogP contribution < -0.4 is 0 Å². The molecule has 2 unspecified atom stereocenters. The number of ether oxygens (including phenoxy) is 4. The van der Waals surface area contributed by atoms with Crippen LogP contribution in [0.1, 0.15) is 95.9 Å². The summed E-state index contributed by atoms with van der Waals surface area (Å²) in [6.07, 6.45) is 1.69. The van der Waals surface area contributed by atoms with Gasteiger partial charge in [0.25, 0.3) is 0 Å². The van der Waals surface area contributed by atoms with Crippen molar-refractivity contribution in [2.24, 2.45) is 11.8 Å². The molecule has 2 N–H and O–H groups in total. The molecule has 0 aromatic carbocycles. The normalized spacial score (nSPS) is 15.6. The molecule has 0 aliphatic rings. The maximum atomic E-state index is 10.4. The molecule has 0 heterocycles. The summed E-state index contributed by atoms with van der Waals surface area (Å²) < 4.78 is 21.7. The van der Waals surface area contributed by atoms with E-state index in [-0.39, 0.29) is 86.5 Å². The summed E-state index contributed by atoms with van der Waals surface area (Å²) in [5.41, 5.74) is -1.97. The Morgan fingerprint density at radius 2 is 0.818 bits per heavy atom. The first-order valence-electron chi connectivity index (χ1n) is 12.2. The summed E-state index contributed by atoms with van der Waals surface area (Å²) in [6, 6.07) is 0. The van der Waals surface area contributed by atoms with E-state index in [0.29, 0.717) is 24.7 Å². The van der Waals surface area contributed by atoms with Crippen molar-refractivity contribution < 1.29 is 29.2 Å². The SMILES string of the molecule is CC(C)CC(O)([CH-]OC(C)C)COC(C)C.CC(C)CC(O)([CH-]OC(C)C)COC(C)C.[Ba+2]. The van der Waals surface area contributed by atoms with Crippen molar-refractivity contribution in [1.29, 1.82) is 0 Å². The van der Waals surface area contributed by atoms with Crippen LogP contribution >= 0.6 is 0 Å². The van der Waals surface area contributed by atoms with Crippen LogP contribution in [0.2, 0.25) is 0 Å². The van der Waals surface area contributed by atoms with E-state index in [1.54, 1.807) is 0 Å². The Morgan fingerprint density at radius 1 is 0.545 bits per heavy atom. The van der Waals surface area contributed by atoms with Crippen molar-refractivity contribution in [3.05, 3.63) is 13.2 Å². The van der Waals surface area contributed by atoms with Crippen LogP contribution in [0.4, 0.5) is 0 Å². The molecule has 7 heteroatoms. The number of hydrogen-bond donors (Lipinski definition) is 2. The van der Waals surface area contributed by atoms with Crippen molar-refractivity contribution >= 4 is 48.9 Å². The zero-order valence-corrected chi connectivity index (χ0v) is 28.1. The number of aliphatic hydroxyl groups is 2. The molecular formula is C26H54BaO6. The van der Waals surface area contributed by atoms with Crippen molar-refractivity contribution in [2.75, 3.05) is 13.2 Å². The van der Waals surface area contributed by atoms with Gasteiger partial charge in [-0.3, -0.25) is 0 Å². The van der Waals surface area contributed by atoms with Crippen LogP contribution in [0.25, 0.3) is 0 Å². The second-order valence-electron chi connectivity index (χ2n) is 10.7. The third kappa shape index (κ3) is 26.2. The summed E-state index contributed by atoms with van der Waals surface area (Å²) in [4.78, 5) is 0. The molecular weight excluding hydrogens is 546 g/mol. The maximum Gasteiger partial charge on any atom is 2.00 e. The molecule has 2 atom stereocenters. The van der Waals surface area contributed by atoms with Crippen LogP contribution in [0.5, 0.6) is 0 Å². The van der Waals surface area contributed by atoms with Gasteiger partial charge in [-0.15, -0.1) is 0 Å². The molecule has 0 radical (unpaired) electrons. The third-order valence-electron chi connectivity index (χ3n) is 3.98. The summed E-state index contributed by atoms with van der Waals surface area (Å²) in [5, 5.41) is 20.7. The van der Waals surface area contributed by atoms with Gasteiger partial charge < -0.3 is 29.2 Å². The number of hydrogen-bond acceptors (Lipinski definition) is 6. The molecule has 0 rings (SSSR count). The second-order valence-corrected chi connectivity index (χ2v) is 10.7. The van der Waals surface area contributed by atoms with Crippen LogP contribution in [0.15, 0.2) is 0 Å². The van der Waals surface area contributed by atoms with Crippen molar-refractivity contribution in [3.8, 4) is 0 Å². The van der Waals surface area contributed by atoms with E-state index in [2.05, 4.69) is 27.7 Å². The van der Waals surface area contributed by atoms with E-state index in [1.807, 2.05) is 55.4 Å². The average molecular weight is 600 g/mol. The first-order chi connectivity index (χ1) is 14.5. The van der Waals surface area contributed by atoms with E-state index in [0.717, 1.165) is 0 Å². The Morgan fingerprint density at radius 3 is 1.00 bits per heavy atom. The summed E-state index contributed by atoms with van der Waals surface area (Å²) in [5.74, 6) is 0.792. The fourth-order valence-corrected chi connectivity index (χ4v) is 2.84. The Labute approximate surface area is 245 Å². The van der Waals surface area contributed by atoms with E-state index in [4.69, 9.17) is 18.9 Å². The molecule has 0 aliphatic carbocycles. The van der Waals surface area contributed by atoms with Gasteiger partial charge in [0.15, 0.2) is 0 Å². The molecule has 33 heavy (non-hydrogen) atoms. The summed E-state index contributed by atoms with van der Waals surface area (Å²) in [6.45, 7) is 27.5. The van der Waals surface area contributed by atoms with Gasteiger partial charge in [0, 0.05) is 25.4 Å². The fraction of sp³-hybridized carbons (Fsp3) is 0.923. The molecule has 6 nitrogen and oxygen atoms in total. The molecule has 0 aromatic rings. The van der Waals surface area contributed by atoms with Crippen LogP contribution in [0, 0.1) is 25.0 Å². The third-order valence-corrected chi connectivity index (χ3v) is 3.98. The Bertz CT molecular complexity index is 374. The molecule has 0 amide bonds. The van der Waals surface area contributed by atoms with Gasteiger partial charge in [0.05, 0.1) is 12.2 Å². The molecule has 0 aromatic heterocycles. The molecule has 0 fully saturated rings. The molecule has 196 valence electrons. The van der Waals surface area contributed by atoms with Gasteiger partial charge in [0.1, 0.15) is 0 Å². The minimum absolute atomic E-state index is 0. The van der Waals surface area contributed by atoms with Gasteiger partial charge in [-0.05, 0) is 91.3 Å². The van der Waals surface area contributed by atoms with Crippen molar-refractivity contribution in [3.63, 3.8) is 0 Å². The van der Waals surface area contributed by atoms with Crippen LogP contribution in [0.3, 0.4) is 0 Å². The molecule has 0 saturated carbocycles. The Kier molecular flexibility index (Phi) is 24.0. The van der Waals surface area contributed by atoms with E-state index >= 15 is 0 Å². The minimum atomic E-state index is -0.983. The van der Waals surface area contributed by atoms with Gasteiger partial charge in [-0.2, -0.15) is 13.2 Å². The topological polar surface area (TPSA) is 77.4 Å². The number of rotatable bonds is 16. The van der Waals surface area contributed by atoms with Gasteiger partial charge in [-0.25, -0.2) is 0 Å². The smallest absolute Gasteiger partial charge is 0.547 e. The standard InChI is InChI=1S/2C13H27O3.Ba/c2*1-10(2)7-13(14,8-15-11(3)4)9-16-12(5)6;/h2*8,10-12,14H,7,9H2,1-6H3;/q2*-1;+2. The monoisotopic (exact) mass is 600 g/mol. The molecule has 0 saturated heterocycles. The van der Waals surface area contributed by atoms with Gasteiger partial charge >= 0.3 is 48.9 Å². The second kappa shape index (κ2) is 20.4. The summed E-state index contributed by atoms with van der Waals surface area (Å²) in [7, 11) is 0. The fourth-order valence-electron chi connectivity index (χ4n) is 2.84. The zero-order chi connectivity index (χ0) is 25.5. The van der Waals surface area contributed by atoms with Gasteiger partial charge in [0.2, 0.25) is 0 Å². The summed E-state index contributed by atoms with van der Waals surface area (Å²) >= 11 is 0. The average Bonchev–Trinajstić information content (AvgIpc) is 2.61. The first kappa shape index (κ1) is 38.9.